The number of allylic oxidation sites excluding steroid dienone is 1. The molecule has 4 rings (SSSR count). The first kappa shape index (κ1) is 30.1. The zero-order chi connectivity index (χ0) is 29.4. The summed E-state index contributed by atoms with van der Waals surface area (Å²) in [6.07, 6.45) is 4.66. The van der Waals surface area contributed by atoms with Crippen molar-refractivity contribution >= 4 is 24.2 Å². The van der Waals surface area contributed by atoms with Gasteiger partial charge in [0.1, 0.15) is 0 Å². The number of nitro groups is 1. The zero-order valence-electron chi connectivity index (χ0n) is 23.7. The Hall–Kier alpha value is -3.89. The summed E-state index contributed by atoms with van der Waals surface area (Å²) in [4.78, 5) is 43.9. The molecule has 1 saturated heterocycles. The van der Waals surface area contributed by atoms with Gasteiger partial charge in [-0.15, -0.1) is 0 Å². The van der Waals surface area contributed by atoms with Crippen LogP contribution in [-0.2, 0) is 15.2 Å². The van der Waals surface area contributed by atoms with Gasteiger partial charge in [-0.2, -0.15) is 0 Å². The van der Waals surface area contributed by atoms with E-state index in [-0.39, 0.29) is 5.69 Å². The summed E-state index contributed by atoms with van der Waals surface area (Å²) in [5.41, 5.74) is 3.15. The Kier molecular flexibility index (Phi) is 10.0. The molecule has 2 heterocycles. The predicted octanol–water partition coefficient (Wildman–Crippen LogP) is 4.11. The Balaban J connectivity index is 1.52. The summed E-state index contributed by atoms with van der Waals surface area (Å²) < 4.78 is 0. The van der Waals surface area contributed by atoms with Crippen molar-refractivity contribution in [2.45, 2.75) is 63.5 Å². The van der Waals surface area contributed by atoms with E-state index >= 15 is 0 Å². The molecule has 2 unspecified atom stereocenters. The van der Waals surface area contributed by atoms with Crippen LogP contribution in [0.4, 0.5) is 5.69 Å². The fourth-order valence-corrected chi connectivity index (χ4v) is 6.03. The van der Waals surface area contributed by atoms with Crippen molar-refractivity contribution in [2.24, 2.45) is 4.99 Å². The molecule has 0 bridgehead atoms. The standard InChI is InChI=1S/C31H39N5O5/c1-3-26-29(32-21-37)28(23-11-13-25(14-12-23)36(40)41)30(27(4-2)33-26)35(22-38)18-8-17-34-19-15-31(39,16-20-34)24-9-6-5-7-10-24/h5-7,9-14,21-22,28-29,39H,3-4,8,15-20H2,1-2H3,(H,32,37). The topological polar surface area (TPSA) is 128 Å². The Morgan fingerprint density at radius 2 is 1.78 bits per heavy atom. The number of rotatable bonds is 13. The summed E-state index contributed by atoms with van der Waals surface area (Å²) in [5.74, 6) is -0.426. The molecule has 0 spiro atoms. The lowest BCUT2D eigenvalue weighted by atomic mass is 9.81. The van der Waals surface area contributed by atoms with Crippen molar-refractivity contribution < 1.29 is 19.6 Å². The lowest BCUT2D eigenvalue weighted by Gasteiger charge is -2.40. The quantitative estimate of drug-likeness (QED) is 0.215. The van der Waals surface area contributed by atoms with E-state index in [1.165, 1.54) is 12.1 Å². The molecule has 2 amide bonds. The number of aliphatic imine (C=N–C) groups is 1. The SMILES string of the molecule is CCC1=NC(CC)=C(N(C=O)CCCN2CCC(O)(c3ccccc3)CC2)C(c2ccc([N+](=O)[O-])cc2)C1NC=O. The number of nitrogens with one attached hydrogen (secondary N) is 1. The van der Waals surface area contributed by atoms with Gasteiger partial charge < -0.3 is 20.2 Å². The number of carbonyl (C=O) groups excluding carboxylic acids is 2. The third-order valence-electron chi connectivity index (χ3n) is 8.27. The molecule has 10 nitrogen and oxygen atoms in total. The van der Waals surface area contributed by atoms with Crippen molar-refractivity contribution in [2.75, 3.05) is 26.2 Å². The first-order chi connectivity index (χ1) is 19.8. The Morgan fingerprint density at radius 3 is 2.34 bits per heavy atom. The van der Waals surface area contributed by atoms with Crippen molar-refractivity contribution in [1.29, 1.82) is 0 Å². The molecule has 10 heteroatoms. The second-order valence-corrected chi connectivity index (χ2v) is 10.6. The third kappa shape index (κ3) is 6.71. The Morgan fingerprint density at radius 1 is 1.10 bits per heavy atom. The molecule has 2 aromatic carbocycles. The molecular weight excluding hydrogens is 522 g/mol. The molecular formula is C31H39N5O5. The Bertz CT molecular complexity index is 1270. The van der Waals surface area contributed by atoms with Crippen LogP contribution in [0, 0.1) is 10.1 Å². The van der Waals surface area contributed by atoms with Gasteiger partial charge in [0.25, 0.3) is 5.69 Å². The van der Waals surface area contributed by atoms with Crippen LogP contribution in [0.5, 0.6) is 0 Å². The number of likely N-dealkylation sites (tertiary alicyclic amines) is 1. The number of amides is 2. The largest absolute Gasteiger partial charge is 0.385 e. The van der Waals surface area contributed by atoms with Crippen LogP contribution >= 0.6 is 0 Å². The number of benzene rings is 2. The summed E-state index contributed by atoms with van der Waals surface area (Å²) in [5, 5.41) is 25.3. The van der Waals surface area contributed by atoms with E-state index in [9.17, 15) is 24.8 Å². The van der Waals surface area contributed by atoms with Crippen molar-refractivity contribution in [3.05, 3.63) is 87.2 Å². The lowest BCUT2D eigenvalue weighted by Crippen LogP contribution is -2.47. The molecule has 0 aliphatic carbocycles. The van der Waals surface area contributed by atoms with Gasteiger partial charge in [0.05, 0.1) is 33.9 Å². The minimum absolute atomic E-state index is 0.0250. The molecule has 0 aromatic heterocycles. The van der Waals surface area contributed by atoms with Gasteiger partial charge in [0, 0.05) is 37.5 Å². The van der Waals surface area contributed by atoms with Crippen LogP contribution in [0.3, 0.4) is 0 Å². The fraction of sp³-hybridized carbons (Fsp3) is 0.452. The van der Waals surface area contributed by atoms with Gasteiger partial charge >= 0.3 is 0 Å². The van der Waals surface area contributed by atoms with Crippen molar-refractivity contribution in [3.63, 3.8) is 0 Å². The van der Waals surface area contributed by atoms with Crippen molar-refractivity contribution in [1.82, 2.24) is 15.1 Å². The maximum Gasteiger partial charge on any atom is 0.269 e. The van der Waals surface area contributed by atoms with E-state index in [1.54, 1.807) is 17.0 Å². The number of non-ortho nitro benzene ring substituents is 1. The third-order valence-corrected chi connectivity index (χ3v) is 8.27. The van der Waals surface area contributed by atoms with E-state index in [1.807, 2.05) is 44.2 Å². The summed E-state index contributed by atoms with van der Waals surface area (Å²) in [7, 11) is 0. The first-order valence-corrected chi connectivity index (χ1v) is 14.3. The molecule has 218 valence electrons. The average Bonchev–Trinajstić information content (AvgIpc) is 3.00. The van der Waals surface area contributed by atoms with Crippen LogP contribution < -0.4 is 5.32 Å². The molecule has 0 radical (unpaired) electrons. The number of piperidine rings is 1. The molecule has 2 aromatic rings. The second kappa shape index (κ2) is 13.6. The molecule has 2 N–H and O–H groups in total. The average molecular weight is 562 g/mol. The lowest BCUT2D eigenvalue weighted by molar-refractivity contribution is -0.384. The molecule has 2 atom stereocenters. The highest BCUT2D eigenvalue weighted by atomic mass is 16.6. The van der Waals surface area contributed by atoms with E-state index in [0.717, 1.165) is 48.6 Å². The number of hydrogen-bond donors (Lipinski definition) is 2. The van der Waals surface area contributed by atoms with E-state index < -0.39 is 22.5 Å². The maximum absolute atomic E-state index is 12.5. The van der Waals surface area contributed by atoms with Gasteiger partial charge in [-0.05, 0) is 49.8 Å². The fourth-order valence-electron chi connectivity index (χ4n) is 6.03. The number of nitro benzene ring substituents is 1. The molecule has 2 aliphatic heterocycles. The van der Waals surface area contributed by atoms with Gasteiger partial charge in [-0.3, -0.25) is 24.7 Å². The minimum Gasteiger partial charge on any atom is -0.385 e. The highest BCUT2D eigenvalue weighted by Crippen LogP contribution is 2.39. The molecule has 41 heavy (non-hydrogen) atoms. The van der Waals surface area contributed by atoms with Gasteiger partial charge in [0.15, 0.2) is 0 Å². The van der Waals surface area contributed by atoms with Crippen LogP contribution in [0.1, 0.15) is 63.0 Å². The highest BCUT2D eigenvalue weighted by molar-refractivity contribution is 5.94. The molecule has 0 saturated carbocycles. The van der Waals surface area contributed by atoms with Crippen LogP contribution in [0.15, 0.2) is 71.0 Å². The number of hydrogen-bond acceptors (Lipinski definition) is 7. The van der Waals surface area contributed by atoms with E-state index in [2.05, 4.69) is 10.2 Å². The first-order valence-electron chi connectivity index (χ1n) is 14.3. The summed E-state index contributed by atoms with van der Waals surface area (Å²) in [6, 6.07) is 15.6. The number of aliphatic hydroxyl groups is 1. The predicted molar refractivity (Wildman–Crippen MR) is 157 cm³/mol. The minimum atomic E-state index is -0.816. The normalized spacial score (nSPS) is 20.7. The highest BCUT2D eigenvalue weighted by Gasteiger charge is 2.38. The van der Waals surface area contributed by atoms with E-state index in [4.69, 9.17) is 4.99 Å². The number of nitrogens with zero attached hydrogens (tertiary/aromatic N) is 4. The summed E-state index contributed by atoms with van der Waals surface area (Å²) >= 11 is 0. The molecule has 2 aliphatic rings. The number of carbonyl (C=O) groups is 2. The smallest absolute Gasteiger partial charge is 0.269 e. The maximum atomic E-state index is 12.5. The summed E-state index contributed by atoms with van der Waals surface area (Å²) in [6.45, 7) is 6.70. The van der Waals surface area contributed by atoms with Crippen LogP contribution in [0.2, 0.25) is 0 Å². The Labute approximate surface area is 240 Å². The second-order valence-electron chi connectivity index (χ2n) is 10.6. The van der Waals surface area contributed by atoms with Gasteiger partial charge in [0.2, 0.25) is 12.8 Å². The van der Waals surface area contributed by atoms with Gasteiger partial charge in [-0.1, -0.05) is 56.3 Å². The van der Waals surface area contributed by atoms with Crippen molar-refractivity contribution in [3.8, 4) is 0 Å². The van der Waals surface area contributed by atoms with E-state index in [0.29, 0.717) is 50.8 Å². The van der Waals surface area contributed by atoms with Gasteiger partial charge in [-0.25, -0.2) is 0 Å². The monoisotopic (exact) mass is 561 g/mol. The van der Waals surface area contributed by atoms with Crippen LogP contribution in [-0.4, -0.2) is 70.6 Å². The van der Waals surface area contributed by atoms with Crippen LogP contribution in [0.25, 0.3) is 0 Å². The zero-order valence-corrected chi connectivity index (χ0v) is 23.7. The molecule has 1 fully saturated rings.